The van der Waals surface area contributed by atoms with Gasteiger partial charge in [-0.25, -0.2) is 4.79 Å². The van der Waals surface area contributed by atoms with Gasteiger partial charge in [0, 0.05) is 29.7 Å². The van der Waals surface area contributed by atoms with Crippen LogP contribution in [0.25, 0.3) is 5.57 Å². The number of carboxylic acids is 1. The molecule has 3 rings (SSSR count). The molecule has 0 aliphatic carbocycles. The molecule has 2 aromatic rings. The molecule has 5 nitrogen and oxygen atoms in total. The highest BCUT2D eigenvalue weighted by atomic mass is 16.5. The molecule has 5 heteroatoms. The van der Waals surface area contributed by atoms with Crippen molar-refractivity contribution in [3.8, 4) is 5.75 Å². The Morgan fingerprint density at radius 3 is 2.64 bits per heavy atom. The van der Waals surface area contributed by atoms with Gasteiger partial charge in [0.05, 0.1) is 12.7 Å². The fourth-order valence-corrected chi connectivity index (χ4v) is 3.34. The first-order valence-corrected chi connectivity index (χ1v) is 7.99. The first kappa shape index (κ1) is 16.8. The van der Waals surface area contributed by atoms with Gasteiger partial charge in [-0.3, -0.25) is 4.98 Å². The molecule has 2 heterocycles. The van der Waals surface area contributed by atoms with Crippen LogP contribution in [0.4, 0.5) is 0 Å². The number of carboxylic acid groups (broad SMARTS) is 1. The van der Waals surface area contributed by atoms with Gasteiger partial charge < -0.3 is 15.2 Å². The summed E-state index contributed by atoms with van der Waals surface area (Å²) in [5.74, 6) is -0.647. The number of aliphatic carboxylic acids is 1. The number of allylic oxidation sites excluding steroid dienone is 3. The van der Waals surface area contributed by atoms with Crippen LogP contribution in [0.1, 0.15) is 30.9 Å². The first-order valence-electron chi connectivity index (χ1n) is 7.99. The number of nitrogens with zero attached hydrogens (tertiary/aromatic N) is 1. The number of rotatable bonds is 4. The number of nitrogens with one attached hydrogen (secondary N) is 1. The summed E-state index contributed by atoms with van der Waals surface area (Å²) in [4.78, 5) is 16.2. The minimum Gasteiger partial charge on any atom is -0.497 e. The Labute approximate surface area is 146 Å². The van der Waals surface area contributed by atoms with Crippen LogP contribution in [-0.4, -0.2) is 23.2 Å². The second-order valence-electron chi connectivity index (χ2n) is 5.96. The van der Waals surface area contributed by atoms with Gasteiger partial charge in [0.15, 0.2) is 0 Å². The number of benzene rings is 1. The van der Waals surface area contributed by atoms with Crippen molar-refractivity contribution in [3.05, 3.63) is 76.9 Å². The Morgan fingerprint density at radius 2 is 2.00 bits per heavy atom. The van der Waals surface area contributed by atoms with Gasteiger partial charge in [0.25, 0.3) is 0 Å². The van der Waals surface area contributed by atoms with E-state index < -0.39 is 11.9 Å². The SMILES string of the molecule is COc1cccc(C2C(C(=O)O)=C(C)NC(C)=C2c2cccnc2)c1. The Morgan fingerprint density at radius 1 is 1.20 bits per heavy atom. The summed E-state index contributed by atoms with van der Waals surface area (Å²) in [6, 6.07) is 11.3. The molecular weight excluding hydrogens is 316 g/mol. The van der Waals surface area contributed by atoms with E-state index in [2.05, 4.69) is 10.3 Å². The Bertz CT molecular complexity index is 870. The zero-order valence-electron chi connectivity index (χ0n) is 14.4. The van der Waals surface area contributed by atoms with Crippen molar-refractivity contribution >= 4 is 11.5 Å². The molecule has 0 saturated heterocycles. The molecule has 1 aromatic carbocycles. The monoisotopic (exact) mass is 336 g/mol. The molecule has 25 heavy (non-hydrogen) atoms. The van der Waals surface area contributed by atoms with Gasteiger partial charge in [-0.2, -0.15) is 0 Å². The van der Waals surface area contributed by atoms with Crippen LogP contribution in [0.15, 0.2) is 65.8 Å². The van der Waals surface area contributed by atoms with E-state index in [4.69, 9.17) is 4.74 Å². The Balaban J connectivity index is 2.24. The number of pyridine rings is 1. The lowest BCUT2D eigenvalue weighted by Crippen LogP contribution is -2.27. The van der Waals surface area contributed by atoms with Gasteiger partial charge in [-0.05, 0) is 48.7 Å². The quantitative estimate of drug-likeness (QED) is 0.893. The highest BCUT2D eigenvalue weighted by Gasteiger charge is 2.33. The molecule has 2 N–H and O–H groups in total. The second kappa shape index (κ2) is 6.81. The lowest BCUT2D eigenvalue weighted by molar-refractivity contribution is -0.132. The second-order valence-corrected chi connectivity index (χ2v) is 5.96. The number of ether oxygens (including phenoxy) is 1. The molecule has 1 aliphatic rings. The topological polar surface area (TPSA) is 71.5 Å². The van der Waals surface area contributed by atoms with Crippen molar-refractivity contribution in [2.24, 2.45) is 0 Å². The molecule has 1 atom stereocenters. The lowest BCUT2D eigenvalue weighted by atomic mass is 9.78. The highest BCUT2D eigenvalue weighted by Crippen LogP contribution is 2.43. The maximum Gasteiger partial charge on any atom is 0.334 e. The Kier molecular flexibility index (Phi) is 4.57. The number of carbonyl (C=O) groups is 1. The lowest BCUT2D eigenvalue weighted by Gasteiger charge is -2.31. The molecule has 0 fully saturated rings. The van der Waals surface area contributed by atoms with Crippen molar-refractivity contribution in [2.75, 3.05) is 7.11 Å². The number of dihydropyridines is 1. The molecule has 1 aromatic heterocycles. The van der Waals surface area contributed by atoms with E-state index in [1.54, 1.807) is 26.4 Å². The fourth-order valence-electron chi connectivity index (χ4n) is 3.34. The number of hydrogen-bond acceptors (Lipinski definition) is 4. The van der Waals surface area contributed by atoms with E-state index in [0.717, 1.165) is 22.4 Å². The van der Waals surface area contributed by atoms with Gasteiger partial charge in [0.1, 0.15) is 5.75 Å². The van der Waals surface area contributed by atoms with Crippen LogP contribution in [0, 0.1) is 0 Å². The normalized spacial score (nSPS) is 17.3. The van der Waals surface area contributed by atoms with E-state index in [9.17, 15) is 9.90 Å². The van der Waals surface area contributed by atoms with E-state index in [-0.39, 0.29) is 0 Å². The largest absolute Gasteiger partial charge is 0.497 e. The van der Waals surface area contributed by atoms with Crippen LogP contribution in [0.5, 0.6) is 5.75 Å². The van der Waals surface area contributed by atoms with E-state index >= 15 is 0 Å². The number of methoxy groups -OCH3 is 1. The third-order valence-corrected chi connectivity index (χ3v) is 4.39. The van der Waals surface area contributed by atoms with Crippen molar-refractivity contribution < 1.29 is 14.6 Å². The number of hydrogen-bond donors (Lipinski definition) is 2. The molecule has 1 aliphatic heterocycles. The smallest absolute Gasteiger partial charge is 0.334 e. The predicted octanol–water partition coefficient (Wildman–Crippen LogP) is 3.57. The summed E-state index contributed by atoms with van der Waals surface area (Å²) < 4.78 is 5.33. The van der Waals surface area contributed by atoms with Gasteiger partial charge in [-0.1, -0.05) is 18.2 Å². The third kappa shape index (κ3) is 3.13. The van der Waals surface area contributed by atoms with Crippen molar-refractivity contribution in [1.82, 2.24) is 10.3 Å². The average molecular weight is 336 g/mol. The molecule has 0 bridgehead atoms. The van der Waals surface area contributed by atoms with Crippen LogP contribution in [-0.2, 0) is 4.79 Å². The zero-order chi connectivity index (χ0) is 18.0. The third-order valence-electron chi connectivity index (χ3n) is 4.39. The van der Waals surface area contributed by atoms with Gasteiger partial charge in [-0.15, -0.1) is 0 Å². The van der Waals surface area contributed by atoms with E-state index in [0.29, 0.717) is 17.0 Å². The predicted molar refractivity (Wildman–Crippen MR) is 96.0 cm³/mol. The molecule has 0 spiro atoms. The van der Waals surface area contributed by atoms with E-state index in [1.165, 1.54) is 0 Å². The van der Waals surface area contributed by atoms with Crippen LogP contribution in [0.2, 0.25) is 0 Å². The first-order chi connectivity index (χ1) is 12.0. The van der Waals surface area contributed by atoms with Crippen molar-refractivity contribution in [3.63, 3.8) is 0 Å². The minimum absolute atomic E-state index is 0.331. The molecular formula is C20H20N2O3. The molecule has 1 unspecified atom stereocenters. The summed E-state index contributed by atoms with van der Waals surface area (Å²) in [5, 5.41) is 13.1. The number of aromatic nitrogens is 1. The summed E-state index contributed by atoms with van der Waals surface area (Å²) in [6.45, 7) is 3.75. The summed E-state index contributed by atoms with van der Waals surface area (Å²) >= 11 is 0. The van der Waals surface area contributed by atoms with E-state index in [1.807, 2.05) is 43.3 Å². The summed E-state index contributed by atoms with van der Waals surface area (Å²) in [5.41, 5.74) is 4.57. The van der Waals surface area contributed by atoms with Gasteiger partial charge >= 0.3 is 5.97 Å². The van der Waals surface area contributed by atoms with Crippen molar-refractivity contribution in [1.29, 1.82) is 0 Å². The standard InChI is InChI=1S/C20H20N2O3/c1-12-17(15-7-5-9-21-11-15)19(18(20(23)24)13(2)22-12)14-6-4-8-16(10-14)25-3/h4-11,19,22H,1-3H3,(H,23,24). The maximum absolute atomic E-state index is 12.0. The summed E-state index contributed by atoms with van der Waals surface area (Å²) in [7, 11) is 1.60. The molecule has 0 radical (unpaired) electrons. The summed E-state index contributed by atoms with van der Waals surface area (Å²) in [6.07, 6.45) is 3.46. The average Bonchev–Trinajstić information content (AvgIpc) is 2.61. The van der Waals surface area contributed by atoms with Crippen molar-refractivity contribution in [2.45, 2.75) is 19.8 Å². The van der Waals surface area contributed by atoms with Gasteiger partial charge in [0.2, 0.25) is 0 Å². The fraction of sp³-hybridized carbons (Fsp3) is 0.200. The van der Waals surface area contributed by atoms with Crippen LogP contribution < -0.4 is 10.1 Å². The minimum atomic E-state index is -0.938. The molecule has 0 amide bonds. The highest BCUT2D eigenvalue weighted by molar-refractivity contribution is 5.96. The molecule has 128 valence electrons. The van der Waals surface area contributed by atoms with Crippen LogP contribution in [0.3, 0.4) is 0 Å². The maximum atomic E-state index is 12.0. The molecule has 0 saturated carbocycles. The Hall–Kier alpha value is -3.08. The van der Waals surface area contributed by atoms with Crippen LogP contribution >= 0.6 is 0 Å². The zero-order valence-corrected chi connectivity index (χ0v) is 14.4.